The maximum Gasteiger partial charge on any atom is 0.135 e. The van der Waals surface area contributed by atoms with Crippen molar-refractivity contribution in [1.82, 2.24) is 0 Å². The van der Waals surface area contributed by atoms with Crippen LogP contribution in [0.4, 0.5) is 0 Å². The molecule has 0 aliphatic heterocycles. The Morgan fingerprint density at radius 2 is 1.93 bits per heavy atom. The lowest BCUT2D eigenvalue weighted by atomic mass is 10.00. The van der Waals surface area contributed by atoms with Crippen LogP contribution in [0.1, 0.15) is 41.0 Å². The third kappa shape index (κ3) is 4.47. The van der Waals surface area contributed by atoms with E-state index < -0.39 is 4.75 Å². The van der Waals surface area contributed by atoms with Gasteiger partial charge in [-0.1, -0.05) is 27.2 Å². The van der Waals surface area contributed by atoms with Crippen LogP contribution in [0, 0.1) is 5.92 Å². The van der Waals surface area contributed by atoms with Crippen LogP contribution in [0.15, 0.2) is 0 Å². The van der Waals surface area contributed by atoms with E-state index in [4.69, 9.17) is 0 Å². The Morgan fingerprint density at radius 1 is 1.43 bits per heavy atom. The fourth-order valence-electron chi connectivity index (χ4n) is 1.28. The minimum Gasteiger partial charge on any atom is -0.392 e. The maximum atomic E-state index is 10.7. The largest absolute Gasteiger partial charge is 0.392 e. The number of carbonyl (C=O) groups excluding carboxylic acids is 1. The van der Waals surface area contributed by atoms with Crippen molar-refractivity contribution in [1.29, 1.82) is 0 Å². The van der Waals surface area contributed by atoms with E-state index in [0.717, 1.165) is 12.7 Å². The second-order valence-corrected chi connectivity index (χ2v) is 6.45. The van der Waals surface area contributed by atoms with Gasteiger partial charge in [0.2, 0.25) is 0 Å². The van der Waals surface area contributed by atoms with Gasteiger partial charge >= 0.3 is 0 Å². The molecule has 3 heteroatoms. The van der Waals surface area contributed by atoms with Crippen LogP contribution in [-0.2, 0) is 4.79 Å². The van der Waals surface area contributed by atoms with Crippen molar-refractivity contribution in [3.8, 4) is 0 Å². The summed E-state index contributed by atoms with van der Waals surface area (Å²) >= 11 is 1.54. The average Bonchev–Trinajstić information content (AvgIpc) is 2.14. The molecule has 0 aromatic carbocycles. The first kappa shape index (κ1) is 14.0. The molecule has 0 spiro atoms. The number of hydrogen-bond acceptors (Lipinski definition) is 3. The van der Waals surface area contributed by atoms with E-state index >= 15 is 0 Å². The van der Waals surface area contributed by atoms with Gasteiger partial charge in [-0.25, -0.2) is 0 Å². The summed E-state index contributed by atoms with van der Waals surface area (Å²) in [6.45, 7) is 9.84. The first-order valence-electron chi connectivity index (χ1n) is 5.16. The molecule has 84 valence electrons. The molecule has 3 atom stereocenters. The lowest BCUT2D eigenvalue weighted by Gasteiger charge is -2.28. The number of aliphatic hydroxyl groups excluding tert-OH is 1. The third-order valence-corrected chi connectivity index (χ3v) is 3.84. The van der Waals surface area contributed by atoms with Gasteiger partial charge in [-0.2, -0.15) is 0 Å². The molecule has 0 fully saturated rings. The molecule has 0 heterocycles. The monoisotopic (exact) mass is 218 g/mol. The highest BCUT2D eigenvalue weighted by Crippen LogP contribution is 2.31. The summed E-state index contributed by atoms with van der Waals surface area (Å²) in [5.74, 6) is 0.292. The third-order valence-electron chi connectivity index (χ3n) is 2.48. The maximum absolute atomic E-state index is 10.7. The molecule has 0 aromatic rings. The average molecular weight is 218 g/mol. The second kappa shape index (κ2) is 5.76. The quantitative estimate of drug-likeness (QED) is 0.696. The first-order valence-corrected chi connectivity index (χ1v) is 6.04. The predicted octanol–water partition coefficient (Wildman–Crippen LogP) is 2.49. The lowest BCUT2D eigenvalue weighted by molar-refractivity contribution is -0.109. The topological polar surface area (TPSA) is 37.3 Å². The Labute approximate surface area is 91.5 Å². The van der Waals surface area contributed by atoms with Gasteiger partial charge in [0.25, 0.3) is 0 Å². The molecule has 0 saturated carbocycles. The summed E-state index contributed by atoms with van der Waals surface area (Å²) in [5, 5.41) is 10.0. The van der Waals surface area contributed by atoms with Crippen molar-refractivity contribution in [3.63, 3.8) is 0 Å². The van der Waals surface area contributed by atoms with Crippen LogP contribution >= 0.6 is 11.8 Å². The number of aldehydes is 1. The SMILES string of the molecule is CC[C@H](C)[C@H](O)[C@@H](C)SC(C)(C)C=O. The zero-order chi connectivity index (χ0) is 11.4. The van der Waals surface area contributed by atoms with Crippen LogP contribution in [0.25, 0.3) is 0 Å². The number of hydrogen-bond donors (Lipinski definition) is 1. The second-order valence-electron chi connectivity index (χ2n) is 4.42. The van der Waals surface area contributed by atoms with E-state index in [9.17, 15) is 9.90 Å². The van der Waals surface area contributed by atoms with Gasteiger partial charge in [0.1, 0.15) is 6.29 Å². The van der Waals surface area contributed by atoms with Gasteiger partial charge in [0.15, 0.2) is 0 Å². The van der Waals surface area contributed by atoms with Gasteiger partial charge in [-0.3, -0.25) is 0 Å². The highest BCUT2D eigenvalue weighted by atomic mass is 32.2. The summed E-state index contributed by atoms with van der Waals surface area (Å²) in [4.78, 5) is 10.7. The minimum absolute atomic E-state index is 0.102. The molecule has 0 saturated heterocycles. The van der Waals surface area contributed by atoms with Gasteiger partial charge in [0, 0.05) is 5.25 Å². The van der Waals surface area contributed by atoms with Crippen molar-refractivity contribution in [2.75, 3.05) is 0 Å². The van der Waals surface area contributed by atoms with Crippen LogP contribution < -0.4 is 0 Å². The number of thioether (sulfide) groups is 1. The highest BCUT2D eigenvalue weighted by Gasteiger charge is 2.27. The molecular formula is C11H22O2S. The molecule has 14 heavy (non-hydrogen) atoms. The smallest absolute Gasteiger partial charge is 0.135 e. The van der Waals surface area contributed by atoms with Crippen LogP contribution in [0.3, 0.4) is 0 Å². The van der Waals surface area contributed by atoms with Crippen LogP contribution in [0.5, 0.6) is 0 Å². The summed E-state index contributed by atoms with van der Waals surface area (Å²) in [6, 6.07) is 0. The molecule has 0 unspecified atom stereocenters. The van der Waals surface area contributed by atoms with Crippen molar-refractivity contribution in [3.05, 3.63) is 0 Å². The van der Waals surface area contributed by atoms with Crippen molar-refractivity contribution < 1.29 is 9.90 Å². The van der Waals surface area contributed by atoms with Gasteiger partial charge in [-0.05, 0) is 19.8 Å². The molecule has 0 bridgehead atoms. The Hall–Kier alpha value is -0.0200. The molecule has 0 amide bonds. The molecule has 0 aliphatic rings. The Balaban J connectivity index is 4.20. The van der Waals surface area contributed by atoms with Gasteiger partial charge in [0.05, 0.1) is 10.9 Å². The van der Waals surface area contributed by atoms with Crippen LogP contribution in [0.2, 0.25) is 0 Å². The van der Waals surface area contributed by atoms with E-state index in [0.29, 0.717) is 5.92 Å². The fraction of sp³-hybridized carbons (Fsp3) is 0.909. The summed E-state index contributed by atoms with van der Waals surface area (Å²) in [7, 11) is 0. The van der Waals surface area contributed by atoms with Gasteiger partial charge < -0.3 is 9.90 Å². The van der Waals surface area contributed by atoms with E-state index in [2.05, 4.69) is 6.92 Å². The van der Waals surface area contributed by atoms with Crippen molar-refractivity contribution >= 4 is 18.0 Å². The zero-order valence-corrected chi connectivity index (χ0v) is 10.6. The lowest BCUT2D eigenvalue weighted by Crippen LogP contribution is -2.32. The Bertz CT molecular complexity index is 180. The molecule has 0 radical (unpaired) electrons. The standard InChI is InChI=1S/C11H22O2S/c1-6-8(2)10(13)9(3)14-11(4,5)7-12/h7-10,13H,6H2,1-5H3/t8-,9+,10-/m0/s1. The van der Waals surface area contributed by atoms with E-state index in [-0.39, 0.29) is 11.4 Å². The number of rotatable bonds is 6. The van der Waals surface area contributed by atoms with E-state index in [1.165, 1.54) is 11.8 Å². The molecule has 0 rings (SSSR count). The Morgan fingerprint density at radius 3 is 2.29 bits per heavy atom. The molecule has 0 aliphatic carbocycles. The number of aliphatic hydroxyl groups is 1. The van der Waals surface area contributed by atoms with E-state index in [1.807, 2.05) is 27.7 Å². The van der Waals surface area contributed by atoms with E-state index in [1.54, 1.807) is 0 Å². The van der Waals surface area contributed by atoms with Crippen molar-refractivity contribution in [2.45, 2.75) is 57.1 Å². The van der Waals surface area contributed by atoms with Gasteiger partial charge in [-0.15, -0.1) is 11.8 Å². The predicted molar refractivity (Wildman–Crippen MR) is 62.7 cm³/mol. The summed E-state index contributed by atoms with van der Waals surface area (Å²) in [6.07, 6.45) is 1.58. The number of carbonyl (C=O) groups is 1. The first-order chi connectivity index (χ1) is 6.34. The fourth-order valence-corrected chi connectivity index (χ4v) is 2.70. The zero-order valence-electron chi connectivity index (χ0n) is 9.78. The van der Waals surface area contributed by atoms with Crippen LogP contribution in [-0.4, -0.2) is 27.5 Å². The summed E-state index contributed by atoms with van der Waals surface area (Å²) in [5.41, 5.74) is 0. The van der Waals surface area contributed by atoms with Crippen molar-refractivity contribution in [2.24, 2.45) is 5.92 Å². The molecule has 2 nitrogen and oxygen atoms in total. The highest BCUT2D eigenvalue weighted by molar-refractivity contribution is 8.01. The Kier molecular flexibility index (Phi) is 5.75. The summed E-state index contributed by atoms with van der Waals surface area (Å²) < 4.78 is -0.395. The molecular weight excluding hydrogens is 196 g/mol. The normalized spacial score (nSPS) is 18.7. The molecule has 1 N–H and O–H groups in total. The molecule has 0 aromatic heterocycles. The minimum atomic E-state index is -0.395.